The Labute approximate surface area is 116 Å². The predicted octanol–water partition coefficient (Wildman–Crippen LogP) is 3.82. The molecule has 0 fully saturated rings. The first-order chi connectivity index (χ1) is 8.75. The standard InChI is InChI=1S/C16H25NO2/c1-6-12(15(18)19)10-17-14-9-13(16(3,4)5)8-7-11(14)2/h7-9,12,17H,6,10H2,1-5H3,(H,18,19). The molecule has 3 heteroatoms. The van der Waals surface area contributed by atoms with Gasteiger partial charge in [0.2, 0.25) is 0 Å². The number of hydrogen-bond donors (Lipinski definition) is 2. The number of anilines is 1. The second kappa shape index (κ2) is 6.09. The van der Waals surface area contributed by atoms with Crippen LogP contribution < -0.4 is 5.32 Å². The van der Waals surface area contributed by atoms with Crippen molar-refractivity contribution in [3.8, 4) is 0 Å². The Kier molecular flexibility index (Phi) is 4.98. The number of carboxylic acid groups (broad SMARTS) is 1. The van der Waals surface area contributed by atoms with Crippen LogP contribution in [0.2, 0.25) is 0 Å². The van der Waals surface area contributed by atoms with E-state index in [0.717, 1.165) is 11.3 Å². The zero-order valence-electron chi connectivity index (χ0n) is 12.6. The van der Waals surface area contributed by atoms with E-state index in [1.54, 1.807) is 0 Å². The molecule has 0 aliphatic carbocycles. The van der Waals surface area contributed by atoms with Crippen molar-refractivity contribution in [2.75, 3.05) is 11.9 Å². The molecule has 1 unspecified atom stereocenters. The number of aryl methyl sites for hydroxylation is 1. The Morgan fingerprint density at radius 3 is 2.47 bits per heavy atom. The van der Waals surface area contributed by atoms with E-state index < -0.39 is 5.97 Å². The van der Waals surface area contributed by atoms with E-state index in [9.17, 15) is 4.79 Å². The summed E-state index contributed by atoms with van der Waals surface area (Å²) in [5.41, 5.74) is 3.53. The van der Waals surface area contributed by atoms with Gasteiger partial charge in [0.1, 0.15) is 0 Å². The summed E-state index contributed by atoms with van der Waals surface area (Å²) in [5.74, 6) is -1.07. The van der Waals surface area contributed by atoms with Crippen molar-refractivity contribution >= 4 is 11.7 Å². The van der Waals surface area contributed by atoms with Crippen molar-refractivity contribution in [3.05, 3.63) is 29.3 Å². The average molecular weight is 263 g/mol. The highest BCUT2D eigenvalue weighted by molar-refractivity contribution is 5.71. The highest BCUT2D eigenvalue weighted by Gasteiger charge is 2.17. The lowest BCUT2D eigenvalue weighted by Crippen LogP contribution is -2.22. The van der Waals surface area contributed by atoms with Crippen molar-refractivity contribution in [1.29, 1.82) is 0 Å². The van der Waals surface area contributed by atoms with Gasteiger partial charge in [0.05, 0.1) is 5.92 Å². The summed E-state index contributed by atoms with van der Waals surface area (Å²) in [6.45, 7) is 10.9. The van der Waals surface area contributed by atoms with Gasteiger partial charge in [0.25, 0.3) is 0 Å². The fourth-order valence-electron chi connectivity index (χ4n) is 1.92. The topological polar surface area (TPSA) is 49.3 Å². The number of nitrogens with one attached hydrogen (secondary N) is 1. The summed E-state index contributed by atoms with van der Waals surface area (Å²) in [6, 6.07) is 6.35. The van der Waals surface area contributed by atoms with E-state index in [0.29, 0.717) is 13.0 Å². The van der Waals surface area contributed by atoms with E-state index in [1.165, 1.54) is 5.56 Å². The van der Waals surface area contributed by atoms with Gasteiger partial charge in [-0.1, -0.05) is 39.8 Å². The molecule has 0 heterocycles. The van der Waals surface area contributed by atoms with Gasteiger partial charge in [-0.25, -0.2) is 0 Å². The lowest BCUT2D eigenvalue weighted by Gasteiger charge is -2.22. The molecular weight excluding hydrogens is 238 g/mol. The van der Waals surface area contributed by atoms with Gasteiger partial charge in [-0.2, -0.15) is 0 Å². The third kappa shape index (κ3) is 4.27. The smallest absolute Gasteiger partial charge is 0.308 e. The minimum atomic E-state index is -0.736. The highest BCUT2D eigenvalue weighted by Crippen LogP contribution is 2.27. The molecule has 0 spiro atoms. The van der Waals surface area contributed by atoms with E-state index in [1.807, 2.05) is 13.8 Å². The van der Waals surface area contributed by atoms with E-state index in [2.05, 4.69) is 44.3 Å². The van der Waals surface area contributed by atoms with E-state index in [-0.39, 0.29) is 11.3 Å². The van der Waals surface area contributed by atoms with Crippen molar-refractivity contribution in [1.82, 2.24) is 0 Å². The normalized spacial score (nSPS) is 13.1. The number of aliphatic carboxylic acids is 1. The summed E-state index contributed by atoms with van der Waals surface area (Å²) in [5, 5.41) is 12.3. The fraction of sp³-hybridized carbons (Fsp3) is 0.562. The second-order valence-corrected chi connectivity index (χ2v) is 6.10. The Hall–Kier alpha value is -1.51. The molecule has 19 heavy (non-hydrogen) atoms. The van der Waals surface area contributed by atoms with Crippen molar-refractivity contribution in [2.24, 2.45) is 5.92 Å². The van der Waals surface area contributed by atoms with E-state index in [4.69, 9.17) is 5.11 Å². The summed E-state index contributed by atoms with van der Waals surface area (Å²) >= 11 is 0. The highest BCUT2D eigenvalue weighted by atomic mass is 16.4. The molecule has 1 atom stereocenters. The summed E-state index contributed by atoms with van der Waals surface area (Å²) < 4.78 is 0. The molecule has 106 valence electrons. The minimum absolute atomic E-state index is 0.0983. The first-order valence-electron chi connectivity index (χ1n) is 6.83. The first kappa shape index (κ1) is 15.5. The zero-order valence-corrected chi connectivity index (χ0v) is 12.6. The van der Waals surface area contributed by atoms with Gasteiger partial charge >= 0.3 is 5.97 Å². The molecule has 0 amide bonds. The Morgan fingerprint density at radius 2 is 2.00 bits per heavy atom. The van der Waals surface area contributed by atoms with Gasteiger partial charge in [-0.05, 0) is 36.0 Å². The number of carbonyl (C=O) groups is 1. The SMILES string of the molecule is CCC(CNc1cc(C(C)(C)C)ccc1C)C(=O)O. The molecule has 0 aromatic heterocycles. The molecule has 1 rings (SSSR count). The Bertz CT molecular complexity index is 447. The molecule has 2 N–H and O–H groups in total. The number of hydrogen-bond acceptors (Lipinski definition) is 2. The van der Waals surface area contributed by atoms with Crippen LogP contribution in [0.4, 0.5) is 5.69 Å². The Balaban J connectivity index is 2.86. The number of rotatable bonds is 5. The predicted molar refractivity (Wildman–Crippen MR) is 79.8 cm³/mol. The molecule has 0 aliphatic rings. The molecule has 0 radical (unpaired) electrons. The second-order valence-electron chi connectivity index (χ2n) is 6.10. The maximum absolute atomic E-state index is 11.0. The lowest BCUT2D eigenvalue weighted by molar-refractivity contribution is -0.141. The molecule has 0 saturated heterocycles. The average Bonchev–Trinajstić information content (AvgIpc) is 2.30. The fourth-order valence-corrected chi connectivity index (χ4v) is 1.92. The van der Waals surface area contributed by atoms with Gasteiger partial charge in [0.15, 0.2) is 0 Å². The molecule has 0 saturated carbocycles. The monoisotopic (exact) mass is 263 g/mol. The van der Waals surface area contributed by atoms with Crippen molar-refractivity contribution in [3.63, 3.8) is 0 Å². The van der Waals surface area contributed by atoms with Crippen LogP contribution in [-0.4, -0.2) is 17.6 Å². The van der Waals surface area contributed by atoms with Crippen LogP contribution >= 0.6 is 0 Å². The van der Waals surface area contributed by atoms with Crippen molar-refractivity contribution < 1.29 is 9.90 Å². The molecule has 0 bridgehead atoms. The number of benzene rings is 1. The third-order valence-corrected chi connectivity index (χ3v) is 3.48. The maximum atomic E-state index is 11.0. The lowest BCUT2D eigenvalue weighted by atomic mass is 9.86. The number of carboxylic acids is 1. The van der Waals surface area contributed by atoms with Crippen LogP contribution in [0.1, 0.15) is 45.2 Å². The maximum Gasteiger partial charge on any atom is 0.308 e. The van der Waals surface area contributed by atoms with Crippen LogP contribution in [0.15, 0.2) is 18.2 Å². The van der Waals surface area contributed by atoms with Crippen LogP contribution in [-0.2, 0) is 10.2 Å². The first-order valence-corrected chi connectivity index (χ1v) is 6.83. The van der Waals surface area contributed by atoms with Crippen LogP contribution in [0, 0.1) is 12.8 Å². The summed E-state index contributed by atoms with van der Waals surface area (Å²) in [6.07, 6.45) is 0.639. The largest absolute Gasteiger partial charge is 0.481 e. The minimum Gasteiger partial charge on any atom is -0.481 e. The molecule has 1 aromatic carbocycles. The van der Waals surface area contributed by atoms with Gasteiger partial charge in [-0.15, -0.1) is 0 Å². The molecule has 3 nitrogen and oxygen atoms in total. The third-order valence-electron chi connectivity index (χ3n) is 3.48. The quantitative estimate of drug-likeness (QED) is 0.849. The molecule has 0 aliphatic heterocycles. The summed E-state index contributed by atoms with van der Waals surface area (Å²) in [4.78, 5) is 11.0. The summed E-state index contributed by atoms with van der Waals surface area (Å²) in [7, 11) is 0. The van der Waals surface area contributed by atoms with E-state index >= 15 is 0 Å². The van der Waals surface area contributed by atoms with Gasteiger partial charge in [0, 0.05) is 12.2 Å². The molecular formula is C16H25NO2. The van der Waals surface area contributed by atoms with Gasteiger partial charge < -0.3 is 10.4 Å². The zero-order chi connectivity index (χ0) is 14.6. The molecule has 1 aromatic rings. The van der Waals surface area contributed by atoms with Crippen LogP contribution in [0.5, 0.6) is 0 Å². The van der Waals surface area contributed by atoms with Crippen LogP contribution in [0.25, 0.3) is 0 Å². The van der Waals surface area contributed by atoms with Crippen LogP contribution in [0.3, 0.4) is 0 Å². The Morgan fingerprint density at radius 1 is 1.37 bits per heavy atom. The van der Waals surface area contributed by atoms with Crippen molar-refractivity contribution in [2.45, 2.75) is 46.5 Å². The van der Waals surface area contributed by atoms with Gasteiger partial charge in [-0.3, -0.25) is 4.79 Å².